The third-order valence-electron chi connectivity index (χ3n) is 3.99. The van der Waals surface area contributed by atoms with Crippen LogP contribution in [0.2, 0.25) is 0 Å². The van der Waals surface area contributed by atoms with Gasteiger partial charge >= 0.3 is 5.97 Å². The predicted molar refractivity (Wildman–Crippen MR) is 101 cm³/mol. The molecule has 0 saturated carbocycles. The smallest absolute Gasteiger partial charge is 0.343 e. The Hall–Kier alpha value is -3.52. The number of carbonyl (C=O) groups excluding carboxylic acids is 1. The standard InChI is InChI=1S/C20H15NO6S/c1-14-2-10-18(11-3-14)28(25,26)19-12-8-17(9-13-19)27-20(22)15-4-6-16(7-5-15)21(23)24/h2-13H,1H3. The number of nitro groups is 1. The molecule has 0 bridgehead atoms. The lowest BCUT2D eigenvalue weighted by Crippen LogP contribution is -2.09. The first kappa shape index (κ1) is 19.2. The maximum absolute atomic E-state index is 12.6. The summed E-state index contributed by atoms with van der Waals surface area (Å²) in [5, 5.41) is 10.6. The van der Waals surface area contributed by atoms with Gasteiger partial charge in [0, 0.05) is 12.1 Å². The lowest BCUT2D eigenvalue weighted by Gasteiger charge is -2.07. The summed E-state index contributed by atoms with van der Waals surface area (Å²) in [4.78, 5) is 22.4. The van der Waals surface area contributed by atoms with E-state index < -0.39 is 20.7 Å². The van der Waals surface area contributed by atoms with Gasteiger partial charge in [0.05, 0.1) is 20.3 Å². The van der Waals surface area contributed by atoms with Crippen LogP contribution in [0.1, 0.15) is 15.9 Å². The summed E-state index contributed by atoms with van der Waals surface area (Å²) in [7, 11) is -3.67. The molecule has 0 fully saturated rings. The number of sulfone groups is 1. The fourth-order valence-corrected chi connectivity index (χ4v) is 3.69. The maximum atomic E-state index is 12.6. The molecule has 0 unspecified atom stereocenters. The Morgan fingerprint density at radius 3 is 1.86 bits per heavy atom. The second kappa shape index (κ2) is 7.61. The molecular weight excluding hydrogens is 382 g/mol. The molecule has 0 spiro atoms. The van der Waals surface area contributed by atoms with Crippen molar-refractivity contribution in [1.82, 2.24) is 0 Å². The molecule has 0 aliphatic carbocycles. The van der Waals surface area contributed by atoms with E-state index in [1.807, 2.05) is 6.92 Å². The normalized spacial score (nSPS) is 11.0. The molecule has 0 saturated heterocycles. The lowest BCUT2D eigenvalue weighted by molar-refractivity contribution is -0.384. The number of ether oxygens (including phenoxy) is 1. The molecule has 3 rings (SSSR count). The van der Waals surface area contributed by atoms with Gasteiger partial charge in [-0.1, -0.05) is 17.7 Å². The number of aryl methyl sites for hydroxylation is 1. The Morgan fingerprint density at radius 1 is 0.857 bits per heavy atom. The van der Waals surface area contributed by atoms with Crippen LogP contribution in [0.3, 0.4) is 0 Å². The summed E-state index contributed by atoms with van der Waals surface area (Å²) < 4.78 is 30.4. The first-order valence-electron chi connectivity index (χ1n) is 8.16. The average Bonchev–Trinajstić information content (AvgIpc) is 2.69. The number of rotatable bonds is 5. The minimum absolute atomic E-state index is 0.0755. The molecule has 3 aromatic rings. The molecule has 0 atom stereocenters. The zero-order valence-corrected chi connectivity index (χ0v) is 15.5. The summed E-state index contributed by atoms with van der Waals surface area (Å²) in [6.45, 7) is 1.87. The van der Waals surface area contributed by atoms with Crippen LogP contribution < -0.4 is 4.74 Å². The Bertz CT molecular complexity index is 1120. The first-order chi connectivity index (χ1) is 13.3. The molecule has 28 heavy (non-hydrogen) atoms. The van der Waals surface area contributed by atoms with Crippen molar-refractivity contribution < 1.29 is 22.9 Å². The summed E-state index contributed by atoms with van der Waals surface area (Å²) in [5.74, 6) is -0.546. The Morgan fingerprint density at radius 2 is 1.36 bits per heavy atom. The molecule has 0 radical (unpaired) electrons. The summed E-state index contributed by atoms with van der Waals surface area (Å²) in [6, 6.07) is 17.0. The molecule has 0 N–H and O–H groups in total. The second-order valence-electron chi connectivity index (χ2n) is 5.98. The van der Waals surface area contributed by atoms with Crippen LogP contribution in [0.25, 0.3) is 0 Å². The average molecular weight is 397 g/mol. The van der Waals surface area contributed by atoms with Crippen molar-refractivity contribution in [2.75, 3.05) is 0 Å². The van der Waals surface area contributed by atoms with Crippen LogP contribution in [0.5, 0.6) is 5.75 Å². The number of nitrogens with zero attached hydrogens (tertiary/aromatic N) is 1. The first-order valence-corrected chi connectivity index (χ1v) is 9.64. The minimum Gasteiger partial charge on any atom is -0.423 e. The van der Waals surface area contributed by atoms with E-state index in [0.29, 0.717) is 0 Å². The van der Waals surface area contributed by atoms with Crippen LogP contribution in [0.4, 0.5) is 5.69 Å². The minimum atomic E-state index is -3.67. The molecule has 3 aromatic carbocycles. The lowest BCUT2D eigenvalue weighted by atomic mass is 10.2. The number of esters is 1. The molecule has 142 valence electrons. The van der Waals surface area contributed by atoms with Crippen LogP contribution in [-0.2, 0) is 9.84 Å². The van der Waals surface area contributed by atoms with Gasteiger partial charge in [0.25, 0.3) is 5.69 Å². The molecule has 7 nitrogen and oxygen atoms in total. The van der Waals surface area contributed by atoms with E-state index in [9.17, 15) is 23.3 Å². The third-order valence-corrected chi connectivity index (χ3v) is 5.78. The predicted octanol–water partition coefficient (Wildman–Crippen LogP) is 3.96. The second-order valence-corrected chi connectivity index (χ2v) is 7.93. The van der Waals surface area contributed by atoms with Gasteiger partial charge in [0.2, 0.25) is 9.84 Å². The molecule has 8 heteroatoms. The van der Waals surface area contributed by atoms with Crippen LogP contribution in [-0.4, -0.2) is 19.3 Å². The van der Waals surface area contributed by atoms with Gasteiger partial charge in [0.15, 0.2) is 0 Å². The summed E-state index contributed by atoms with van der Waals surface area (Å²) in [6.07, 6.45) is 0. The van der Waals surface area contributed by atoms with Crippen molar-refractivity contribution >= 4 is 21.5 Å². The summed E-state index contributed by atoms with van der Waals surface area (Å²) in [5.41, 5.74) is 0.955. The van der Waals surface area contributed by atoms with Crippen molar-refractivity contribution in [3.63, 3.8) is 0 Å². The zero-order chi connectivity index (χ0) is 20.3. The van der Waals surface area contributed by atoms with E-state index in [4.69, 9.17) is 4.74 Å². The zero-order valence-electron chi connectivity index (χ0n) is 14.7. The van der Waals surface area contributed by atoms with Gasteiger partial charge in [0.1, 0.15) is 5.75 Å². The highest BCUT2D eigenvalue weighted by Crippen LogP contribution is 2.24. The van der Waals surface area contributed by atoms with E-state index in [1.54, 1.807) is 12.1 Å². The molecule has 0 heterocycles. The fraction of sp³-hybridized carbons (Fsp3) is 0.0500. The highest BCUT2D eigenvalue weighted by Gasteiger charge is 2.18. The fourth-order valence-electron chi connectivity index (χ4n) is 2.43. The largest absolute Gasteiger partial charge is 0.423 e. The Labute approximate surface area is 161 Å². The van der Waals surface area contributed by atoms with Crippen molar-refractivity contribution in [1.29, 1.82) is 0 Å². The molecule has 0 aromatic heterocycles. The van der Waals surface area contributed by atoms with Crippen molar-refractivity contribution in [3.05, 3.63) is 94.0 Å². The third kappa shape index (κ3) is 4.07. The molecule has 0 aliphatic rings. The maximum Gasteiger partial charge on any atom is 0.343 e. The summed E-state index contributed by atoms with van der Waals surface area (Å²) >= 11 is 0. The van der Waals surface area contributed by atoms with Gasteiger partial charge in [-0.15, -0.1) is 0 Å². The number of benzene rings is 3. The SMILES string of the molecule is Cc1ccc(S(=O)(=O)c2ccc(OC(=O)c3ccc([N+](=O)[O-])cc3)cc2)cc1. The van der Waals surface area contributed by atoms with Crippen molar-refractivity contribution in [2.45, 2.75) is 16.7 Å². The molecule has 0 amide bonds. The van der Waals surface area contributed by atoms with E-state index >= 15 is 0 Å². The topological polar surface area (TPSA) is 104 Å². The molecule has 0 aliphatic heterocycles. The Kier molecular flexibility index (Phi) is 5.23. The van der Waals surface area contributed by atoms with E-state index in [-0.39, 0.29) is 26.8 Å². The van der Waals surface area contributed by atoms with Gasteiger partial charge in [-0.25, -0.2) is 13.2 Å². The van der Waals surface area contributed by atoms with Gasteiger partial charge in [-0.05, 0) is 55.5 Å². The Balaban J connectivity index is 1.76. The van der Waals surface area contributed by atoms with E-state index in [0.717, 1.165) is 5.56 Å². The van der Waals surface area contributed by atoms with Crippen LogP contribution >= 0.6 is 0 Å². The number of carbonyl (C=O) groups is 1. The van der Waals surface area contributed by atoms with Crippen molar-refractivity contribution in [2.24, 2.45) is 0 Å². The highest BCUT2D eigenvalue weighted by atomic mass is 32.2. The van der Waals surface area contributed by atoms with E-state index in [2.05, 4.69) is 0 Å². The van der Waals surface area contributed by atoms with Gasteiger partial charge < -0.3 is 4.74 Å². The quantitative estimate of drug-likeness (QED) is 0.279. The van der Waals surface area contributed by atoms with Crippen LogP contribution in [0, 0.1) is 17.0 Å². The molecular formula is C20H15NO6S. The van der Waals surface area contributed by atoms with E-state index in [1.165, 1.54) is 60.7 Å². The van der Waals surface area contributed by atoms with Gasteiger partial charge in [-0.2, -0.15) is 0 Å². The number of hydrogen-bond donors (Lipinski definition) is 0. The van der Waals surface area contributed by atoms with Crippen LogP contribution in [0.15, 0.2) is 82.6 Å². The monoisotopic (exact) mass is 397 g/mol. The van der Waals surface area contributed by atoms with Gasteiger partial charge in [-0.3, -0.25) is 10.1 Å². The number of nitro benzene ring substituents is 1. The number of hydrogen-bond acceptors (Lipinski definition) is 6. The number of non-ortho nitro benzene ring substituents is 1. The highest BCUT2D eigenvalue weighted by molar-refractivity contribution is 7.91. The van der Waals surface area contributed by atoms with Crippen molar-refractivity contribution in [3.8, 4) is 5.75 Å².